The fourth-order valence-electron chi connectivity index (χ4n) is 3.23. The number of alkyl halides is 3. The maximum Gasteiger partial charge on any atom is 0.416 e. The lowest BCUT2D eigenvalue weighted by atomic mass is 10.2. The van der Waals surface area contributed by atoms with Crippen molar-refractivity contribution in [3.63, 3.8) is 0 Å². The van der Waals surface area contributed by atoms with Crippen LogP contribution in [0.25, 0.3) is 22.4 Å². The number of amides is 1. The highest BCUT2D eigenvalue weighted by Crippen LogP contribution is 2.33. The van der Waals surface area contributed by atoms with Gasteiger partial charge in [0.05, 0.1) is 21.6 Å². The van der Waals surface area contributed by atoms with Crippen LogP contribution in [0.4, 0.5) is 18.9 Å². The van der Waals surface area contributed by atoms with Crippen molar-refractivity contribution in [3.8, 4) is 11.4 Å². The SMILES string of the molecule is O=C(Cn1c(-c2ccc(Cl)cc2Cl)nc2ccccc21)Nc1cccc(C(F)(F)F)c1. The molecule has 9 heteroatoms. The molecule has 31 heavy (non-hydrogen) atoms. The number of carbonyl (C=O) groups excluding carboxylic acids is 1. The standard InChI is InChI=1S/C22H14Cl2F3N3O/c23-14-8-9-16(17(24)11-14)21-29-18-6-1-2-7-19(18)30(21)12-20(31)28-15-5-3-4-13(10-15)22(25,26)27/h1-11H,12H2,(H,28,31). The number of aromatic nitrogens is 2. The third kappa shape index (κ3) is 4.52. The first-order valence-corrected chi connectivity index (χ1v) is 9.86. The summed E-state index contributed by atoms with van der Waals surface area (Å²) in [7, 11) is 0. The van der Waals surface area contributed by atoms with Gasteiger partial charge in [0, 0.05) is 16.3 Å². The lowest BCUT2D eigenvalue weighted by Crippen LogP contribution is -2.19. The molecule has 0 atom stereocenters. The number of carbonyl (C=O) groups is 1. The largest absolute Gasteiger partial charge is 0.416 e. The number of imidazole rings is 1. The number of rotatable bonds is 4. The van der Waals surface area contributed by atoms with Crippen LogP contribution in [0.3, 0.4) is 0 Å². The first-order valence-electron chi connectivity index (χ1n) is 9.10. The molecule has 0 spiro atoms. The van der Waals surface area contributed by atoms with Crippen LogP contribution >= 0.6 is 23.2 Å². The number of nitrogens with one attached hydrogen (secondary N) is 1. The zero-order chi connectivity index (χ0) is 22.2. The molecule has 0 aliphatic heterocycles. The van der Waals surface area contributed by atoms with E-state index in [9.17, 15) is 18.0 Å². The van der Waals surface area contributed by atoms with Crippen LogP contribution in [0.15, 0.2) is 66.7 Å². The van der Waals surface area contributed by atoms with Gasteiger partial charge in [-0.1, -0.05) is 41.4 Å². The van der Waals surface area contributed by atoms with Gasteiger partial charge >= 0.3 is 6.18 Å². The maximum absolute atomic E-state index is 12.9. The molecule has 0 aliphatic rings. The van der Waals surface area contributed by atoms with Crippen LogP contribution < -0.4 is 5.32 Å². The van der Waals surface area contributed by atoms with Crippen LogP contribution in [0.5, 0.6) is 0 Å². The van der Waals surface area contributed by atoms with Crippen molar-refractivity contribution in [2.24, 2.45) is 0 Å². The number of anilines is 1. The minimum Gasteiger partial charge on any atom is -0.325 e. The van der Waals surface area contributed by atoms with Crippen molar-refractivity contribution >= 4 is 45.8 Å². The molecule has 158 valence electrons. The molecule has 0 saturated carbocycles. The number of hydrogen-bond donors (Lipinski definition) is 1. The first-order chi connectivity index (χ1) is 14.7. The predicted octanol–water partition coefficient (Wildman–Crippen LogP) is 6.67. The molecule has 4 rings (SSSR count). The zero-order valence-corrected chi connectivity index (χ0v) is 17.3. The number of fused-ring (bicyclic) bond motifs is 1. The van der Waals surface area contributed by atoms with Gasteiger partial charge in [0.1, 0.15) is 12.4 Å². The van der Waals surface area contributed by atoms with Gasteiger partial charge < -0.3 is 9.88 Å². The van der Waals surface area contributed by atoms with Gasteiger partial charge in [-0.05, 0) is 48.5 Å². The second-order valence-electron chi connectivity index (χ2n) is 6.76. The fourth-order valence-corrected chi connectivity index (χ4v) is 3.72. The third-order valence-corrected chi connectivity index (χ3v) is 5.15. The number of nitrogens with zero attached hydrogens (tertiary/aromatic N) is 2. The highest BCUT2D eigenvalue weighted by molar-refractivity contribution is 6.36. The van der Waals surface area contributed by atoms with Crippen molar-refractivity contribution in [3.05, 3.63) is 82.3 Å². The summed E-state index contributed by atoms with van der Waals surface area (Å²) < 4.78 is 40.5. The highest BCUT2D eigenvalue weighted by Gasteiger charge is 2.30. The van der Waals surface area contributed by atoms with E-state index in [2.05, 4.69) is 10.3 Å². The molecule has 4 nitrogen and oxygen atoms in total. The Morgan fingerprint density at radius 1 is 1.00 bits per heavy atom. The Hall–Kier alpha value is -3.03. The van der Waals surface area contributed by atoms with E-state index in [0.717, 1.165) is 12.1 Å². The molecular formula is C22H14Cl2F3N3O. The Bertz CT molecular complexity index is 1280. The van der Waals surface area contributed by atoms with Crippen LogP contribution in [0.1, 0.15) is 5.56 Å². The van der Waals surface area contributed by atoms with Crippen molar-refractivity contribution in [2.75, 3.05) is 5.32 Å². The molecule has 0 radical (unpaired) electrons. The minimum atomic E-state index is -4.50. The quantitative estimate of drug-likeness (QED) is 0.367. The summed E-state index contributed by atoms with van der Waals surface area (Å²) in [5, 5.41) is 3.34. The molecule has 0 bridgehead atoms. The van der Waals surface area contributed by atoms with Gasteiger partial charge in [0.2, 0.25) is 5.91 Å². The van der Waals surface area contributed by atoms with Crippen LogP contribution in [-0.4, -0.2) is 15.5 Å². The Balaban J connectivity index is 1.69. The van der Waals surface area contributed by atoms with E-state index in [4.69, 9.17) is 23.2 Å². The molecule has 0 saturated heterocycles. The molecule has 0 fully saturated rings. The van der Waals surface area contributed by atoms with E-state index in [-0.39, 0.29) is 12.2 Å². The van der Waals surface area contributed by atoms with Crippen LogP contribution in [0, 0.1) is 0 Å². The molecule has 1 amide bonds. The Kier molecular flexibility index (Phi) is 5.64. The first kappa shape index (κ1) is 21.2. The smallest absolute Gasteiger partial charge is 0.325 e. The summed E-state index contributed by atoms with van der Waals surface area (Å²) in [6, 6.07) is 16.6. The van der Waals surface area contributed by atoms with E-state index in [1.54, 1.807) is 41.0 Å². The van der Waals surface area contributed by atoms with Crippen molar-refractivity contribution in [1.82, 2.24) is 9.55 Å². The number of benzene rings is 3. The van der Waals surface area contributed by atoms with E-state index in [1.807, 2.05) is 6.07 Å². The summed E-state index contributed by atoms with van der Waals surface area (Å²) in [5.74, 6) is -0.0594. The average molecular weight is 464 g/mol. The van der Waals surface area contributed by atoms with E-state index >= 15 is 0 Å². The second kappa shape index (κ2) is 8.24. The van der Waals surface area contributed by atoms with Crippen molar-refractivity contribution in [1.29, 1.82) is 0 Å². The topological polar surface area (TPSA) is 46.9 Å². The van der Waals surface area contributed by atoms with E-state index < -0.39 is 17.6 Å². The molecular weight excluding hydrogens is 450 g/mol. The van der Waals surface area contributed by atoms with Crippen molar-refractivity contribution in [2.45, 2.75) is 12.7 Å². The molecule has 1 heterocycles. The lowest BCUT2D eigenvalue weighted by Gasteiger charge is -2.12. The molecule has 1 N–H and O–H groups in total. The van der Waals surface area contributed by atoms with E-state index in [1.165, 1.54) is 12.1 Å². The summed E-state index contributed by atoms with van der Waals surface area (Å²) >= 11 is 12.3. The lowest BCUT2D eigenvalue weighted by molar-refractivity contribution is -0.137. The number of halogens is 5. The molecule has 4 aromatic rings. The minimum absolute atomic E-state index is 0.0512. The number of para-hydroxylation sites is 2. The van der Waals surface area contributed by atoms with Gasteiger partial charge in [-0.3, -0.25) is 4.79 Å². The monoisotopic (exact) mass is 463 g/mol. The Morgan fingerprint density at radius 2 is 1.77 bits per heavy atom. The maximum atomic E-state index is 12.9. The molecule has 0 aliphatic carbocycles. The van der Waals surface area contributed by atoms with Gasteiger partial charge in [-0.2, -0.15) is 13.2 Å². The summed E-state index contributed by atoms with van der Waals surface area (Å²) in [6.07, 6.45) is -4.50. The average Bonchev–Trinajstić information content (AvgIpc) is 3.05. The van der Waals surface area contributed by atoms with Gasteiger partial charge in [-0.15, -0.1) is 0 Å². The predicted molar refractivity (Wildman–Crippen MR) is 115 cm³/mol. The fraction of sp³-hybridized carbons (Fsp3) is 0.0909. The molecule has 0 unspecified atom stereocenters. The summed E-state index contributed by atoms with van der Waals surface area (Å²) in [4.78, 5) is 17.3. The van der Waals surface area contributed by atoms with Gasteiger partial charge in [0.25, 0.3) is 0 Å². The molecule has 3 aromatic carbocycles. The third-order valence-electron chi connectivity index (χ3n) is 4.60. The van der Waals surface area contributed by atoms with Crippen LogP contribution in [0.2, 0.25) is 10.0 Å². The molecule has 1 aromatic heterocycles. The highest BCUT2D eigenvalue weighted by atomic mass is 35.5. The van der Waals surface area contributed by atoms with E-state index in [0.29, 0.717) is 32.5 Å². The summed E-state index contributed by atoms with van der Waals surface area (Å²) in [5.41, 5.74) is 1.12. The zero-order valence-electron chi connectivity index (χ0n) is 15.8. The van der Waals surface area contributed by atoms with Crippen LogP contribution in [-0.2, 0) is 17.5 Å². The normalized spacial score (nSPS) is 11.6. The second-order valence-corrected chi connectivity index (χ2v) is 7.60. The summed E-state index contributed by atoms with van der Waals surface area (Å²) in [6.45, 7) is -0.176. The van der Waals surface area contributed by atoms with Gasteiger partial charge in [-0.25, -0.2) is 4.98 Å². The Morgan fingerprint density at radius 3 is 2.52 bits per heavy atom. The Labute approximate surface area is 185 Å². The number of hydrogen-bond acceptors (Lipinski definition) is 2. The van der Waals surface area contributed by atoms with Gasteiger partial charge in [0.15, 0.2) is 0 Å². The van der Waals surface area contributed by atoms with Crippen molar-refractivity contribution < 1.29 is 18.0 Å².